The van der Waals surface area contributed by atoms with E-state index in [2.05, 4.69) is 22.0 Å². The molecule has 0 bridgehead atoms. The van der Waals surface area contributed by atoms with Gasteiger partial charge >= 0.3 is 0 Å². The minimum Gasteiger partial charge on any atom is -0.394 e. The second-order valence-corrected chi connectivity index (χ2v) is 9.65. The van der Waals surface area contributed by atoms with Gasteiger partial charge in [0.25, 0.3) is 0 Å². The van der Waals surface area contributed by atoms with Gasteiger partial charge in [0.2, 0.25) is 5.95 Å². The summed E-state index contributed by atoms with van der Waals surface area (Å²) in [5.74, 6) is 1.89. The van der Waals surface area contributed by atoms with E-state index in [4.69, 9.17) is 21.6 Å². The fraction of sp³-hybridized carbons (Fsp3) is 0.524. The van der Waals surface area contributed by atoms with Crippen molar-refractivity contribution in [1.29, 1.82) is 0 Å². The lowest BCUT2D eigenvalue weighted by Crippen LogP contribution is -2.47. The lowest BCUT2D eigenvalue weighted by atomic mass is 10.2. The summed E-state index contributed by atoms with van der Waals surface area (Å²) in [6.07, 6.45) is 2.49. The zero-order valence-corrected chi connectivity index (χ0v) is 18.8. The van der Waals surface area contributed by atoms with Gasteiger partial charge in [0.1, 0.15) is 10.7 Å². The Morgan fingerprint density at radius 1 is 1.17 bits per heavy atom. The van der Waals surface area contributed by atoms with E-state index in [9.17, 15) is 9.32 Å². The van der Waals surface area contributed by atoms with Gasteiger partial charge in [-0.1, -0.05) is 24.9 Å². The molecule has 0 amide bonds. The molecule has 0 radical (unpaired) electrons. The van der Waals surface area contributed by atoms with Crippen LogP contribution >= 0.6 is 11.6 Å². The van der Waals surface area contributed by atoms with E-state index in [0.29, 0.717) is 28.8 Å². The van der Waals surface area contributed by atoms with Crippen molar-refractivity contribution in [2.24, 2.45) is 0 Å². The number of halogens is 1. The first kappa shape index (κ1) is 21.3. The van der Waals surface area contributed by atoms with Gasteiger partial charge < -0.3 is 20.2 Å². The Balaban J connectivity index is 1.52. The number of aliphatic hydroxyl groups excluding tert-OH is 1. The molecule has 2 aromatic rings. The smallest absolute Gasteiger partial charge is 0.227 e. The molecule has 4 rings (SSSR count). The van der Waals surface area contributed by atoms with Gasteiger partial charge in [-0.15, -0.1) is 0 Å². The molecule has 30 heavy (non-hydrogen) atoms. The van der Waals surface area contributed by atoms with Gasteiger partial charge in [-0.2, -0.15) is 4.98 Å². The highest BCUT2D eigenvalue weighted by molar-refractivity contribution is 7.85. The summed E-state index contributed by atoms with van der Waals surface area (Å²) in [6.45, 7) is 5.45. The van der Waals surface area contributed by atoms with E-state index in [1.54, 1.807) is 0 Å². The lowest BCUT2D eigenvalue weighted by Gasteiger charge is -2.36. The van der Waals surface area contributed by atoms with Crippen LogP contribution in [0.3, 0.4) is 0 Å². The van der Waals surface area contributed by atoms with Gasteiger partial charge in [0, 0.05) is 49.1 Å². The first-order chi connectivity index (χ1) is 14.6. The van der Waals surface area contributed by atoms with Crippen molar-refractivity contribution in [1.82, 2.24) is 9.97 Å². The number of hydrogen-bond donors (Lipinski definition) is 2. The Hall–Kier alpha value is -1.90. The molecule has 162 valence electrons. The van der Waals surface area contributed by atoms with Crippen LogP contribution in [0.25, 0.3) is 0 Å². The molecule has 9 heteroatoms. The van der Waals surface area contributed by atoms with Crippen LogP contribution < -0.4 is 15.1 Å². The fourth-order valence-corrected chi connectivity index (χ4v) is 5.43. The molecule has 1 unspecified atom stereocenters. The maximum Gasteiger partial charge on any atom is 0.227 e. The number of fused-ring (bicyclic) bond motifs is 1. The molecule has 3 heterocycles. The third kappa shape index (κ3) is 4.55. The lowest BCUT2D eigenvalue weighted by molar-refractivity contribution is 0.268. The molecule has 2 aliphatic heterocycles. The van der Waals surface area contributed by atoms with Crippen LogP contribution in [0.4, 0.5) is 17.5 Å². The number of aryl methyl sites for hydroxylation is 1. The summed E-state index contributed by atoms with van der Waals surface area (Å²) < 4.78 is 12.5. The molecule has 7 nitrogen and oxygen atoms in total. The highest BCUT2D eigenvalue weighted by atomic mass is 35.5. The van der Waals surface area contributed by atoms with E-state index in [1.807, 2.05) is 24.3 Å². The monoisotopic (exact) mass is 449 g/mol. The van der Waals surface area contributed by atoms with Gasteiger partial charge in [-0.3, -0.25) is 4.21 Å². The second-order valence-electron chi connectivity index (χ2n) is 7.71. The summed E-state index contributed by atoms with van der Waals surface area (Å²) >= 11 is 6.00. The van der Waals surface area contributed by atoms with Crippen molar-refractivity contribution in [3.8, 4) is 0 Å². The zero-order valence-electron chi connectivity index (χ0n) is 17.2. The van der Waals surface area contributed by atoms with E-state index < -0.39 is 10.8 Å². The molecular weight excluding hydrogens is 422 g/mol. The Morgan fingerprint density at radius 2 is 1.87 bits per heavy atom. The van der Waals surface area contributed by atoms with Gasteiger partial charge in [0.15, 0.2) is 0 Å². The highest BCUT2D eigenvalue weighted by Crippen LogP contribution is 2.31. The molecule has 1 aromatic heterocycles. The Bertz CT molecular complexity index is 903. The van der Waals surface area contributed by atoms with E-state index in [1.165, 1.54) is 0 Å². The average molecular weight is 450 g/mol. The average Bonchev–Trinajstić information content (AvgIpc) is 3.15. The number of hydrogen-bond acceptors (Lipinski definition) is 7. The second kappa shape index (κ2) is 9.49. The van der Waals surface area contributed by atoms with Crippen LogP contribution in [0.5, 0.6) is 0 Å². The number of nitrogens with zero attached hydrogens (tertiary/aromatic N) is 4. The Morgan fingerprint density at radius 3 is 2.53 bits per heavy atom. The molecule has 1 aromatic carbocycles. The summed E-state index contributed by atoms with van der Waals surface area (Å²) in [6, 6.07) is 7.83. The normalized spacial score (nSPS) is 19.6. The summed E-state index contributed by atoms with van der Waals surface area (Å²) in [5.41, 5.74) is 2.03. The summed E-state index contributed by atoms with van der Waals surface area (Å²) in [4.78, 5) is 14.8. The minimum atomic E-state index is -1.08. The first-order valence-electron chi connectivity index (χ1n) is 10.5. The van der Waals surface area contributed by atoms with Crippen molar-refractivity contribution in [3.63, 3.8) is 0 Å². The van der Waals surface area contributed by atoms with Crippen LogP contribution in [0.2, 0.25) is 5.02 Å². The van der Waals surface area contributed by atoms with Gasteiger partial charge in [-0.25, -0.2) is 4.98 Å². The van der Waals surface area contributed by atoms with Crippen LogP contribution in [0.1, 0.15) is 25.5 Å². The number of nitrogens with one attached hydrogen (secondary N) is 1. The molecule has 0 aliphatic carbocycles. The molecule has 2 N–H and O–H groups in total. The molecule has 2 atom stereocenters. The summed E-state index contributed by atoms with van der Waals surface area (Å²) in [7, 11) is -1.08. The zero-order chi connectivity index (χ0) is 21.1. The molecule has 2 aliphatic rings. The number of rotatable bonds is 7. The standard InChI is InChI=1S/C21H28ClN5O2S/c1-2-3-16(14-28)23-20-19-18(8-13-30(19)29)24-21(25-20)27-11-9-26(10-12-27)17-6-4-15(22)5-7-17/h4-7,16,28H,2-3,8-14H2,1H3,(H,23,24,25)/t16-,30?/m1/s1. The van der Waals surface area contributed by atoms with E-state index in [0.717, 1.165) is 55.4 Å². The van der Waals surface area contributed by atoms with Crippen LogP contribution in [0.15, 0.2) is 29.2 Å². The molecule has 0 saturated carbocycles. The third-order valence-corrected chi connectivity index (χ3v) is 7.34. The largest absolute Gasteiger partial charge is 0.394 e. The van der Waals surface area contributed by atoms with Crippen LogP contribution in [-0.4, -0.2) is 63.9 Å². The van der Waals surface area contributed by atoms with Crippen LogP contribution in [0, 0.1) is 0 Å². The SMILES string of the molecule is CCC[C@H](CO)Nc1nc(N2CCN(c3ccc(Cl)cc3)CC2)nc2c1S(=O)CC2. The van der Waals surface area contributed by atoms with Crippen molar-refractivity contribution in [2.75, 3.05) is 53.7 Å². The Kier molecular flexibility index (Phi) is 6.75. The molecular formula is C21H28ClN5O2S. The van der Waals surface area contributed by atoms with Crippen molar-refractivity contribution in [2.45, 2.75) is 37.1 Å². The maximum atomic E-state index is 12.5. The molecule has 0 spiro atoms. The van der Waals surface area contributed by atoms with Crippen molar-refractivity contribution in [3.05, 3.63) is 35.0 Å². The van der Waals surface area contributed by atoms with Gasteiger partial charge in [-0.05, 0) is 30.7 Å². The minimum absolute atomic E-state index is 0.0222. The van der Waals surface area contributed by atoms with E-state index >= 15 is 0 Å². The third-order valence-electron chi connectivity index (χ3n) is 5.63. The molecule has 1 saturated heterocycles. The number of piperazine rings is 1. The fourth-order valence-electron chi connectivity index (χ4n) is 3.99. The van der Waals surface area contributed by atoms with Crippen molar-refractivity contribution < 1.29 is 9.32 Å². The topological polar surface area (TPSA) is 81.6 Å². The molecule has 1 fully saturated rings. The highest BCUT2D eigenvalue weighted by Gasteiger charge is 2.29. The first-order valence-corrected chi connectivity index (χ1v) is 12.2. The number of aromatic nitrogens is 2. The van der Waals surface area contributed by atoms with Gasteiger partial charge in [0.05, 0.1) is 29.1 Å². The quantitative estimate of drug-likeness (QED) is 0.672. The summed E-state index contributed by atoms with van der Waals surface area (Å²) in [5, 5.41) is 13.8. The Labute approximate surface area is 184 Å². The van der Waals surface area contributed by atoms with Crippen molar-refractivity contribution >= 4 is 39.9 Å². The number of benzene rings is 1. The number of anilines is 3. The predicted molar refractivity (Wildman–Crippen MR) is 122 cm³/mol. The van der Waals surface area contributed by atoms with E-state index in [-0.39, 0.29) is 12.6 Å². The predicted octanol–water partition coefficient (Wildman–Crippen LogP) is 2.69. The number of aliphatic hydroxyl groups is 1. The van der Waals surface area contributed by atoms with Crippen LogP contribution in [-0.2, 0) is 17.2 Å². The maximum absolute atomic E-state index is 12.5.